The monoisotopic (exact) mass is 143 g/mol. The maximum atomic E-state index is 4.70. The minimum atomic E-state index is 0.660. The van der Waals surface area contributed by atoms with Crippen LogP contribution in [-0.2, 0) is 9.78 Å². The second-order valence-corrected chi connectivity index (χ2v) is 1.91. The van der Waals surface area contributed by atoms with E-state index in [2.05, 4.69) is 22.1 Å². The molecule has 0 fully saturated rings. The molecule has 0 atom stereocenters. The summed E-state index contributed by atoms with van der Waals surface area (Å²) in [6, 6.07) is 0. The summed E-state index contributed by atoms with van der Waals surface area (Å²) in [6.45, 7) is 2.76. The maximum absolute atomic E-state index is 4.70. The third-order valence-corrected chi connectivity index (χ3v) is 0.909. The topological polar surface area (TPSA) is 18.5 Å². The Hall–Kier alpha value is -0.283. The van der Waals surface area contributed by atoms with Gasteiger partial charge in [-0.05, 0) is 6.42 Å². The van der Waals surface area contributed by atoms with Gasteiger partial charge in [-0.3, -0.25) is 0 Å². The predicted molar refractivity (Wildman–Crippen MR) is 36.8 cm³/mol. The first kappa shape index (κ1) is 8.72. The Kier molecular flexibility index (Phi) is 7.47. The summed E-state index contributed by atoms with van der Waals surface area (Å²) in [5, 5.41) is 0. The summed E-state index contributed by atoms with van der Waals surface area (Å²) < 4.78 is 0. The van der Waals surface area contributed by atoms with E-state index in [1.807, 2.05) is 0 Å². The number of rotatable bonds is 5. The molecule has 0 aromatic heterocycles. The molecule has 0 amide bonds. The van der Waals surface area contributed by atoms with Crippen LogP contribution in [-0.4, -0.2) is 16.8 Å². The number of unbranched alkanes of at least 4 members (excludes halogenated alkanes) is 1. The number of hydrogen-bond acceptors (Lipinski definition) is 2. The zero-order valence-electron chi connectivity index (χ0n) is 5.59. The van der Waals surface area contributed by atoms with E-state index in [9.17, 15) is 0 Å². The van der Waals surface area contributed by atoms with Crippen molar-refractivity contribution < 1.29 is 9.78 Å². The van der Waals surface area contributed by atoms with Crippen LogP contribution >= 0.6 is 0 Å². The van der Waals surface area contributed by atoms with Gasteiger partial charge in [0.1, 0.15) is 6.26 Å². The minimum absolute atomic E-state index is 0.660. The van der Waals surface area contributed by atoms with Crippen molar-refractivity contribution in [3.05, 3.63) is 12.0 Å². The second kappa shape index (κ2) is 7.72. The highest BCUT2D eigenvalue weighted by Gasteiger charge is 1.81. The Bertz CT molecular complexity index is 73.5. The third-order valence-electron chi connectivity index (χ3n) is 0.773. The van der Waals surface area contributed by atoms with E-state index in [1.54, 1.807) is 5.70 Å². The van der Waals surface area contributed by atoms with Gasteiger partial charge in [0.05, 0.1) is 16.8 Å². The van der Waals surface area contributed by atoms with Crippen LogP contribution in [0, 0.1) is 0 Å². The van der Waals surface area contributed by atoms with Crippen molar-refractivity contribution in [2.24, 2.45) is 0 Å². The standard InChI is InChI=1S/C6H11O2Si/c1-2-3-4-7-8-5-6-9/h5-6H,2-4H2,1H3. The summed E-state index contributed by atoms with van der Waals surface area (Å²) in [5.74, 6) is 0. The first-order chi connectivity index (χ1) is 4.41. The molecule has 0 aliphatic rings. The molecular formula is C6H11O2Si. The summed E-state index contributed by atoms with van der Waals surface area (Å²) >= 11 is 0. The molecule has 3 heteroatoms. The predicted octanol–water partition coefficient (Wildman–Crippen LogP) is 1.37. The van der Waals surface area contributed by atoms with Gasteiger partial charge >= 0.3 is 0 Å². The first-order valence-electron chi connectivity index (χ1n) is 3.02. The average molecular weight is 143 g/mol. The average Bonchev–Trinajstić information content (AvgIpc) is 1.89. The second-order valence-electron chi connectivity index (χ2n) is 1.57. The van der Waals surface area contributed by atoms with Gasteiger partial charge in [0.2, 0.25) is 0 Å². The van der Waals surface area contributed by atoms with Gasteiger partial charge in [0.25, 0.3) is 0 Å². The van der Waals surface area contributed by atoms with E-state index in [4.69, 9.17) is 4.89 Å². The van der Waals surface area contributed by atoms with E-state index in [0.717, 1.165) is 12.8 Å². The fourth-order valence-electron chi connectivity index (χ4n) is 0.318. The van der Waals surface area contributed by atoms with Crippen molar-refractivity contribution in [2.75, 3.05) is 6.61 Å². The highest BCUT2D eigenvalue weighted by atomic mass is 28.1. The minimum Gasteiger partial charge on any atom is -0.346 e. The lowest BCUT2D eigenvalue weighted by atomic mass is 10.4. The lowest BCUT2D eigenvalue weighted by Crippen LogP contribution is -1.90. The summed E-state index contributed by atoms with van der Waals surface area (Å²) in [5.41, 5.74) is 1.59. The van der Waals surface area contributed by atoms with Gasteiger partial charge in [-0.1, -0.05) is 19.0 Å². The largest absolute Gasteiger partial charge is 0.346 e. The smallest absolute Gasteiger partial charge is 0.121 e. The van der Waals surface area contributed by atoms with Gasteiger partial charge in [-0.2, -0.15) is 4.89 Å². The lowest BCUT2D eigenvalue weighted by molar-refractivity contribution is -0.248. The molecule has 0 saturated heterocycles. The van der Waals surface area contributed by atoms with Crippen LogP contribution < -0.4 is 0 Å². The van der Waals surface area contributed by atoms with Crippen molar-refractivity contribution in [3.63, 3.8) is 0 Å². The summed E-state index contributed by atoms with van der Waals surface area (Å²) in [6.07, 6.45) is 3.60. The molecule has 0 aromatic rings. The molecule has 3 radical (unpaired) electrons. The molecule has 0 unspecified atom stereocenters. The SMILES string of the molecule is CCCCOOC=C[Si]. The van der Waals surface area contributed by atoms with Crippen molar-refractivity contribution in [2.45, 2.75) is 19.8 Å². The molecule has 51 valence electrons. The van der Waals surface area contributed by atoms with E-state index in [0.29, 0.717) is 6.61 Å². The zero-order chi connectivity index (χ0) is 6.95. The molecule has 9 heavy (non-hydrogen) atoms. The molecule has 0 spiro atoms. The van der Waals surface area contributed by atoms with E-state index in [1.165, 1.54) is 6.26 Å². The quantitative estimate of drug-likeness (QED) is 0.190. The normalized spacial score (nSPS) is 10.4. The molecule has 0 N–H and O–H groups in total. The van der Waals surface area contributed by atoms with Crippen LogP contribution in [0.1, 0.15) is 19.8 Å². The van der Waals surface area contributed by atoms with Crippen LogP contribution in [0.5, 0.6) is 0 Å². The maximum Gasteiger partial charge on any atom is 0.121 e. The molecule has 0 saturated carbocycles. The highest BCUT2D eigenvalue weighted by molar-refractivity contribution is 6.16. The Labute approximate surface area is 59.2 Å². The van der Waals surface area contributed by atoms with E-state index >= 15 is 0 Å². The van der Waals surface area contributed by atoms with Gasteiger partial charge in [-0.15, -0.1) is 0 Å². The van der Waals surface area contributed by atoms with Crippen LogP contribution in [0.4, 0.5) is 0 Å². The van der Waals surface area contributed by atoms with Crippen LogP contribution in [0.25, 0.3) is 0 Å². The third kappa shape index (κ3) is 7.72. The van der Waals surface area contributed by atoms with Crippen LogP contribution in [0.3, 0.4) is 0 Å². The molecule has 0 bridgehead atoms. The molecule has 2 nitrogen and oxygen atoms in total. The Morgan fingerprint density at radius 2 is 2.33 bits per heavy atom. The van der Waals surface area contributed by atoms with Gasteiger partial charge < -0.3 is 4.89 Å². The molecule has 0 aliphatic heterocycles. The number of hydrogen-bond donors (Lipinski definition) is 0. The first-order valence-corrected chi connectivity index (χ1v) is 3.60. The van der Waals surface area contributed by atoms with Crippen molar-refractivity contribution in [1.82, 2.24) is 0 Å². The fraction of sp³-hybridized carbons (Fsp3) is 0.667. The lowest BCUT2D eigenvalue weighted by Gasteiger charge is -1.96. The van der Waals surface area contributed by atoms with Gasteiger partial charge in [0, 0.05) is 0 Å². The summed E-state index contributed by atoms with van der Waals surface area (Å²) in [7, 11) is 3.08. The van der Waals surface area contributed by atoms with Crippen molar-refractivity contribution in [1.29, 1.82) is 0 Å². The molecule has 0 rings (SSSR count). The Balaban J connectivity index is 2.75. The molecular weight excluding hydrogens is 132 g/mol. The molecule has 0 heterocycles. The van der Waals surface area contributed by atoms with Crippen LogP contribution in [0.2, 0.25) is 0 Å². The van der Waals surface area contributed by atoms with Crippen molar-refractivity contribution >= 4 is 10.2 Å². The Morgan fingerprint density at radius 3 is 2.89 bits per heavy atom. The molecule has 0 aromatic carbocycles. The van der Waals surface area contributed by atoms with Gasteiger partial charge in [-0.25, -0.2) is 0 Å². The molecule has 0 aliphatic carbocycles. The summed E-state index contributed by atoms with van der Waals surface area (Å²) in [4.78, 5) is 9.25. The zero-order valence-corrected chi connectivity index (χ0v) is 6.59. The highest BCUT2D eigenvalue weighted by Crippen LogP contribution is 1.88. The van der Waals surface area contributed by atoms with Crippen LogP contribution in [0.15, 0.2) is 12.0 Å². The van der Waals surface area contributed by atoms with E-state index < -0.39 is 0 Å². The van der Waals surface area contributed by atoms with Gasteiger partial charge in [0.15, 0.2) is 0 Å². The van der Waals surface area contributed by atoms with E-state index in [-0.39, 0.29) is 0 Å². The Morgan fingerprint density at radius 1 is 1.56 bits per heavy atom. The van der Waals surface area contributed by atoms with Crippen molar-refractivity contribution in [3.8, 4) is 0 Å². The fourth-order valence-corrected chi connectivity index (χ4v) is 0.374.